The van der Waals surface area contributed by atoms with Crippen LogP contribution in [-0.2, 0) is 9.59 Å². The van der Waals surface area contributed by atoms with Crippen molar-refractivity contribution in [1.29, 1.82) is 0 Å². The van der Waals surface area contributed by atoms with E-state index in [0.29, 0.717) is 13.0 Å². The van der Waals surface area contributed by atoms with E-state index in [-0.39, 0.29) is 23.3 Å². The SMILES string of the molecule is CC(=O)NC1(CC(=O)N2CCC[C@H](c3cc(Nc4ccccn4)cc(C)n3)C2)CCCCC1. The van der Waals surface area contributed by atoms with Gasteiger partial charge in [-0.2, -0.15) is 0 Å². The molecule has 0 bridgehead atoms. The second-order valence-electron chi connectivity index (χ2n) is 9.64. The molecular formula is C26H35N5O2. The van der Waals surface area contributed by atoms with E-state index in [9.17, 15) is 9.59 Å². The average molecular weight is 450 g/mol. The number of carbonyl (C=O) groups is 2. The first kappa shape index (κ1) is 23.2. The topological polar surface area (TPSA) is 87.2 Å². The van der Waals surface area contributed by atoms with Gasteiger partial charge in [-0.3, -0.25) is 14.6 Å². The molecule has 1 saturated carbocycles. The van der Waals surface area contributed by atoms with Gasteiger partial charge < -0.3 is 15.5 Å². The first-order valence-electron chi connectivity index (χ1n) is 12.2. The fraction of sp³-hybridized carbons (Fsp3) is 0.538. The van der Waals surface area contributed by atoms with Gasteiger partial charge in [0.25, 0.3) is 0 Å². The first-order chi connectivity index (χ1) is 15.9. The number of pyridine rings is 2. The monoisotopic (exact) mass is 449 g/mol. The van der Waals surface area contributed by atoms with Gasteiger partial charge in [0.15, 0.2) is 0 Å². The van der Waals surface area contributed by atoms with E-state index in [2.05, 4.69) is 21.7 Å². The summed E-state index contributed by atoms with van der Waals surface area (Å²) in [6.07, 6.45) is 9.21. The van der Waals surface area contributed by atoms with Gasteiger partial charge in [0, 0.05) is 61.2 Å². The molecule has 7 heteroatoms. The largest absolute Gasteiger partial charge is 0.350 e. The Bertz CT molecular complexity index is 972. The van der Waals surface area contributed by atoms with E-state index in [1.54, 1.807) is 13.1 Å². The minimum absolute atomic E-state index is 0.0434. The molecule has 1 atom stereocenters. The van der Waals surface area contributed by atoms with E-state index < -0.39 is 0 Å². The molecule has 4 rings (SSSR count). The third kappa shape index (κ3) is 6.09. The first-order valence-corrected chi connectivity index (χ1v) is 12.2. The number of anilines is 2. The van der Waals surface area contributed by atoms with Crippen LogP contribution in [0.25, 0.3) is 0 Å². The van der Waals surface area contributed by atoms with E-state index in [4.69, 9.17) is 4.98 Å². The van der Waals surface area contributed by atoms with Crippen molar-refractivity contribution in [2.75, 3.05) is 18.4 Å². The summed E-state index contributed by atoms with van der Waals surface area (Å²) in [5.74, 6) is 1.10. The average Bonchev–Trinajstić information content (AvgIpc) is 2.79. The molecule has 1 aliphatic carbocycles. The van der Waals surface area contributed by atoms with Gasteiger partial charge in [-0.1, -0.05) is 25.3 Å². The number of nitrogens with zero attached hydrogens (tertiary/aromatic N) is 3. The molecule has 1 saturated heterocycles. The number of carbonyl (C=O) groups excluding carboxylic acids is 2. The van der Waals surface area contributed by atoms with Crippen molar-refractivity contribution < 1.29 is 9.59 Å². The van der Waals surface area contributed by atoms with Gasteiger partial charge in [0.05, 0.1) is 0 Å². The summed E-state index contributed by atoms with van der Waals surface area (Å²) in [6.45, 7) is 5.00. The van der Waals surface area contributed by atoms with Crippen LogP contribution < -0.4 is 10.6 Å². The van der Waals surface area contributed by atoms with Crippen molar-refractivity contribution in [3.63, 3.8) is 0 Å². The second-order valence-corrected chi connectivity index (χ2v) is 9.64. The highest BCUT2D eigenvalue weighted by molar-refractivity contribution is 5.80. The Hall–Kier alpha value is -2.96. The highest BCUT2D eigenvalue weighted by atomic mass is 16.2. The minimum Gasteiger partial charge on any atom is -0.350 e. The fourth-order valence-electron chi connectivity index (χ4n) is 5.35. The Labute approximate surface area is 196 Å². The molecule has 33 heavy (non-hydrogen) atoms. The maximum atomic E-state index is 13.3. The summed E-state index contributed by atoms with van der Waals surface area (Å²) in [7, 11) is 0. The van der Waals surface area contributed by atoms with Crippen LogP contribution >= 0.6 is 0 Å². The number of hydrogen-bond acceptors (Lipinski definition) is 5. The molecule has 176 valence electrons. The van der Waals surface area contributed by atoms with Gasteiger partial charge in [-0.15, -0.1) is 0 Å². The number of piperidine rings is 1. The van der Waals surface area contributed by atoms with Gasteiger partial charge in [0.2, 0.25) is 11.8 Å². The zero-order valence-electron chi connectivity index (χ0n) is 19.8. The van der Waals surface area contributed by atoms with Gasteiger partial charge >= 0.3 is 0 Å². The molecule has 0 spiro atoms. The molecule has 2 fully saturated rings. The molecule has 2 amide bonds. The molecule has 0 radical (unpaired) electrons. The molecule has 3 heterocycles. The predicted octanol–water partition coefficient (Wildman–Crippen LogP) is 4.46. The molecule has 0 aromatic carbocycles. The lowest BCUT2D eigenvalue weighted by molar-refractivity contribution is -0.135. The van der Waals surface area contributed by atoms with Gasteiger partial charge in [0.1, 0.15) is 5.82 Å². The zero-order valence-corrected chi connectivity index (χ0v) is 19.8. The number of nitrogens with one attached hydrogen (secondary N) is 2. The number of aromatic nitrogens is 2. The Morgan fingerprint density at radius 1 is 1.15 bits per heavy atom. The highest BCUT2D eigenvalue weighted by Gasteiger charge is 2.37. The molecule has 1 aliphatic heterocycles. The summed E-state index contributed by atoms with van der Waals surface area (Å²) in [6, 6.07) is 9.89. The van der Waals surface area contributed by atoms with Crippen LogP contribution in [0.5, 0.6) is 0 Å². The van der Waals surface area contributed by atoms with Crippen molar-refractivity contribution in [3.05, 3.63) is 47.9 Å². The van der Waals surface area contributed by atoms with E-state index in [1.165, 1.54) is 6.42 Å². The van der Waals surface area contributed by atoms with Crippen molar-refractivity contribution in [3.8, 4) is 0 Å². The van der Waals surface area contributed by atoms with E-state index >= 15 is 0 Å². The molecular weight excluding hydrogens is 414 g/mol. The van der Waals surface area contributed by atoms with Crippen LogP contribution in [0.1, 0.15) is 75.6 Å². The molecule has 2 aromatic rings. The number of amides is 2. The van der Waals surface area contributed by atoms with Gasteiger partial charge in [-0.05, 0) is 56.9 Å². The number of hydrogen-bond donors (Lipinski definition) is 2. The lowest BCUT2D eigenvalue weighted by Gasteiger charge is -2.40. The molecule has 2 aromatic heterocycles. The van der Waals surface area contributed by atoms with Crippen molar-refractivity contribution in [1.82, 2.24) is 20.2 Å². The van der Waals surface area contributed by atoms with Crippen LogP contribution in [0.3, 0.4) is 0 Å². The molecule has 2 aliphatic rings. The normalized spacial score (nSPS) is 20.2. The number of aryl methyl sites for hydroxylation is 1. The maximum Gasteiger partial charge on any atom is 0.224 e. The summed E-state index contributed by atoms with van der Waals surface area (Å²) in [5.41, 5.74) is 2.54. The Morgan fingerprint density at radius 3 is 2.70 bits per heavy atom. The van der Waals surface area contributed by atoms with Crippen LogP contribution in [-0.4, -0.2) is 45.3 Å². The summed E-state index contributed by atoms with van der Waals surface area (Å²) < 4.78 is 0. The molecule has 0 unspecified atom stereocenters. The third-order valence-electron chi connectivity index (χ3n) is 6.84. The maximum absolute atomic E-state index is 13.3. The zero-order chi connectivity index (χ0) is 23.3. The van der Waals surface area contributed by atoms with Crippen LogP contribution in [0.15, 0.2) is 36.5 Å². The van der Waals surface area contributed by atoms with Crippen LogP contribution in [0, 0.1) is 6.92 Å². The van der Waals surface area contributed by atoms with Crippen LogP contribution in [0.2, 0.25) is 0 Å². The lowest BCUT2D eigenvalue weighted by atomic mass is 9.78. The predicted molar refractivity (Wildman–Crippen MR) is 129 cm³/mol. The summed E-state index contributed by atoms with van der Waals surface area (Å²) in [5, 5.41) is 6.50. The van der Waals surface area contributed by atoms with E-state index in [1.807, 2.05) is 36.1 Å². The Kier molecular flexibility index (Phi) is 7.26. The summed E-state index contributed by atoms with van der Waals surface area (Å²) >= 11 is 0. The minimum atomic E-state index is -0.379. The number of rotatable bonds is 6. The van der Waals surface area contributed by atoms with Crippen molar-refractivity contribution >= 4 is 23.3 Å². The highest BCUT2D eigenvalue weighted by Crippen LogP contribution is 2.34. The standard InChI is InChI=1S/C26H35N5O2/c1-19-15-22(29-24-10-4-7-13-27-24)16-23(28-19)21-9-8-14-31(18-21)25(33)17-26(30-20(2)32)11-5-3-6-12-26/h4,7,10,13,15-16,21H,3,5-6,8-9,11-12,14,17-18H2,1-2H3,(H,30,32)(H,27,28,29)/t21-/m0/s1. The lowest BCUT2D eigenvalue weighted by Crippen LogP contribution is -2.53. The van der Waals surface area contributed by atoms with E-state index in [0.717, 1.165) is 68.0 Å². The quantitative estimate of drug-likeness (QED) is 0.680. The Balaban J connectivity index is 1.45. The second kappa shape index (κ2) is 10.3. The molecule has 7 nitrogen and oxygen atoms in total. The Morgan fingerprint density at radius 2 is 1.97 bits per heavy atom. The fourth-order valence-corrected chi connectivity index (χ4v) is 5.35. The number of likely N-dealkylation sites (tertiary alicyclic amines) is 1. The summed E-state index contributed by atoms with van der Waals surface area (Å²) in [4.78, 5) is 36.3. The van der Waals surface area contributed by atoms with Crippen LogP contribution in [0.4, 0.5) is 11.5 Å². The van der Waals surface area contributed by atoms with Gasteiger partial charge in [-0.25, -0.2) is 4.98 Å². The smallest absolute Gasteiger partial charge is 0.224 e. The molecule has 2 N–H and O–H groups in total. The van der Waals surface area contributed by atoms with Crippen molar-refractivity contribution in [2.45, 2.75) is 76.7 Å². The van der Waals surface area contributed by atoms with Crippen molar-refractivity contribution in [2.24, 2.45) is 0 Å². The third-order valence-corrected chi connectivity index (χ3v) is 6.84.